The van der Waals surface area contributed by atoms with E-state index in [-0.39, 0.29) is 12.2 Å². The molecule has 2 aliphatic rings. The van der Waals surface area contributed by atoms with E-state index in [9.17, 15) is 4.79 Å². The Morgan fingerprint density at radius 3 is 2.75 bits per heavy atom. The van der Waals surface area contributed by atoms with Gasteiger partial charge in [-0.25, -0.2) is 9.48 Å². The average Bonchev–Trinajstić information content (AvgIpc) is 3.26. The van der Waals surface area contributed by atoms with Crippen LogP contribution in [-0.2, 0) is 16.1 Å². The summed E-state index contributed by atoms with van der Waals surface area (Å²) >= 11 is 0. The molecule has 0 N–H and O–H groups in total. The molecule has 3 heterocycles. The lowest BCUT2D eigenvalue weighted by atomic mass is 10.2. The van der Waals surface area contributed by atoms with Gasteiger partial charge in [-0.05, 0) is 24.3 Å². The SMILES string of the molecule is O=C1OC(Cn2ccnn2)CN1c1ccc(N2C=NOCC2)cc1. The Balaban J connectivity index is 1.44. The molecule has 1 atom stereocenters. The van der Waals surface area contributed by atoms with Crippen molar-refractivity contribution in [2.45, 2.75) is 12.6 Å². The third-order valence-corrected chi connectivity index (χ3v) is 3.91. The van der Waals surface area contributed by atoms with Gasteiger partial charge in [-0.15, -0.1) is 5.10 Å². The van der Waals surface area contributed by atoms with Crippen LogP contribution in [0.25, 0.3) is 0 Å². The first kappa shape index (κ1) is 14.5. The first-order chi connectivity index (χ1) is 11.8. The van der Waals surface area contributed by atoms with E-state index >= 15 is 0 Å². The number of hydrogen-bond acceptors (Lipinski definition) is 7. The molecule has 4 rings (SSSR count). The van der Waals surface area contributed by atoms with E-state index in [0.29, 0.717) is 19.7 Å². The molecule has 0 spiro atoms. The van der Waals surface area contributed by atoms with Crippen LogP contribution in [0.4, 0.5) is 16.2 Å². The van der Waals surface area contributed by atoms with Gasteiger partial charge in [0.05, 0.1) is 25.8 Å². The lowest BCUT2D eigenvalue weighted by Crippen LogP contribution is -2.29. The number of rotatable bonds is 4. The Hall–Kier alpha value is -3.10. The molecule has 1 aromatic heterocycles. The van der Waals surface area contributed by atoms with E-state index in [2.05, 4.69) is 15.5 Å². The molecule has 0 radical (unpaired) electrons. The number of oxime groups is 1. The molecule has 1 unspecified atom stereocenters. The Kier molecular flexibility index (Phi) is 3.73. The van der Waals surface area contributed by atoms with Crippen LogP contribution in [0.2, 0.25) is 0 Å². The van der Waals surface area contributed by atoms with Gasteiger partial charge >= 0.3 is 6.09 Å². The number of ether oxygens (including phenoxy) is 1. The molecule has 9 nitrogen and oxygen atoms in total. The van der Waals surface area contributed by atoms with Crippen LogP contribution in [-0.4, -0.2) is 53.2 Å². The molecule has 0 saturated carbocycles. The van der Waals surface area contributed by atoms with Gasteiger partial charge in [0.2, 0.25) is 0 Å². The number of benzene rings is 1. The van der Waals surface area contributed by atoms with Crippen LogP contribution in [0.1, 0.15) is 0 Å². The highest BCUT2D eigenvalue weighted by atomic mass is 16.6. The smallest absolute Gasteiger partial charge is 0.414 e. The zero-order valence-electron chi connectivity index (χ0n) is 12.9. The minimum Gasteiger partial charge on any atom is -0.442 e. The predicted octanol–water partition coefficient (Wildman–Crippen LogP) is 1.08. The van der Waals surface area contributed by atoms with Gasteiger partial charge < -0.3 is 14.5 Å². The first-order valence-corrected chi connectivity index (χ1v) is 7.64. The normalized spacial score (nSPS) is 20.2. The van der Waals surface area contributed by atoms with E-state index in [0.717, 1.165) is 17.9 Å². The van der Waals surface area contributed by atoms with Gasteiger partial charge in [0.25, 0.3) is 0 Å². The van der Waals surface area contributed by atoms with E-state index in [1.807, 2.05) is 29.2 Å². The topological polar surface area (TPSA) is 85.1 Å². The summed E-state index contributed by atoms with van der Waals surface area (Å²) in [4.78, 5) is 20.7. The number of nitrogens with zero attached hydrogens (tertiary/aromatic N) is 6. The Bertz CT molecular complexity index is 730. The maximum atomic E-state index is 12.1. The third kappa shape index (κ3) is 2.87. The van der Waals surface area contributed by atoms with Crippen molar-refractivity contribution < 1.29 is 14.4 Å². The molecule has 1 aromatic carbocycles. The van der Waals surface area contributed by atoms with Crippen molar-refractivity contribution in [2.75, 3.05) is 29.5 Å². The van der Waals surface area contributed by atoms with Crippen LogP contribution >= 0.6 is 0 Å². The summed E-state index contributed by atoms with van der Waals surface area (Å²) in [6.07, 6.45) is 4.40. The lowest BCUT2D eigenvalue weighted by molar-refractivity contribution is 0.129. The molecule has 24 heavy (non-hydrogen) atoms. The second-order valence-corrected chi connectivity index (χ2v) is 5.51. The lowest BCUT2D eigenvalue weighted by Gasteiger charge is -2.22. The van der Waals surface area contributed by atoms with Crippen molar-refractivity contribution in [1.29, 1.82) is 0 Å². The largest absolute Gasteiger partial charge is 0.442 e. The number of hydrogen-bond donors (Lipinski definition) is 0. The fourth-order valence-corrected chi connectivity index (χ4v) is 2.73. The summed E-state index contributed by atoms with van der Waals surface area (Å²) < 4.78 is 7.05. The molecule has 2 aromatic rings. The van der Waals surface area contributed by atoms with Crippen LogP contribution in [0.3, 0.4) is 0 Å². The number of anilines is 2. The molecule has 2 aliphatic heterocycles. The first-order valence-electron chi connectivity index (χ1n) is 7.64. The maximum Gasteiger partial charge on any atom is 0.414 e. The summed E-state index contributed by atoms with van der Waals surface area (Å²) in [5.74, 6) is 0. The number of amides is 1. The molecule has 124 valence electrons. The van der Waals surface area contributed by atoms with Crippen molar-refractivity contribution >= 4 is 23.8 Å². The number of cyclic esters (lactones) is 1. The summed E-state index contributed by atoms with van der Waals surface area (Å²) in [5.41, 5.74) is 1.80. The van der Waals surface area contributed by atoms with E-state index in [1.54, 1.807) is 28.3 Å². The highest BCUT2D eigenvalue weighted by molar-refractivity contribution is 5.90. The standard InChI is InChI=1S/C15H16N6O3/c22-15-21(10-14(24-15)9-20-6-5-16-18-20)13-3-1-12(2-4-13)19-7-8-23-17-11-19/h1-6,11,14H,7-10H2. The van der Waals surface area contributed by atoms with E-state index in [4.69, 9.17) is 9.57 Å². The minimum absolute atomic E-state index is 0.245. The molecule has 0 bridgehead atoms. The molecule has 0 aliphatic carbocycles. The summed E-state index contributed by atoms with van der Waals surface area (Å²) in [5, 5.41) is 11.4. The highest BCUT2D eigenvalue weighted by Crippen LogP contribution is 2.25. The quantitative estimate of drug-likeness (QED) is 0.835. The van der Waals surface area contributed by atoms with Gasteiger partial charge in [0.1, 0.15) is 19.0 Å². The van der Waals surface area contributed by atoms with Crippen LogP contribution in [0.15, 0.2) is 41.8 Å². The van der Waals surface area contributed by atoms with Crippen LogP contribution in [0, 0.1) is 0 Å². The van der Waals surface area contributed by atoms with Gasteiger partial charge in [0, 0.05) is 17.6 Å². The second kappa shape index (κ2) is 6.19. The zero-order chi connectivity index (χ0) is 16.4. The van der Waals surface area contributed by atoms with Gasteiger partial charge in [-0.2, -0.15) is 0 Å². The number of aromatic nitrogens is 3. The number of carbonyl (C=O) groups excluding carboxylic acids is 1. The number of carbonyl (C=O) groups is 1. The second-order valence-electron chi connectivity index (χ2n) is 5.51. The fraction of sp³-hybridized carbons (Fsp3) is 0.333. The molecule has 1 amide bonds. The summed E-state index contributed by atoms with van der Waals surface area (Å²) in [6.45, 7) is 2.27. The fourth-order valence-electron chi connectivity index (χ4n) is 2.73. The molecule has 9 heteroatoms. The van der Waals surface area contributed by atoms with Crippen molar-refractivity contribution in [3.8, 4) is 0 Å². The van der Waals surface area contributed by atoms with E-state index < -0.39 is 0 Å². The van der Waals surface area contributed by atoms with Crippen molar-refractivity contribution in [3.63, 3.8) is 0 Å². The van der Waals surface area contributed by atoms with Gasteiger partial charge in [-0.3, -0.25) is 4.90 Å². The average molecular weight is 328 g/mol. The Morgan fingerprint density at radius 1 is 1.21 bits per heavy atom. The van der Waals surface area contributed by atoms with Crippen molar-refractivity contribution in [3.05, 3.63) is 36.7 Å². The van der Waals surface area contributed by atoms with Crippen molar-refractivity contribution in [1.82, 2.24) is 15.0 Å². The van der Waals surface area contributed by atoms with Gasteiger partial charge in [-0.1, -0.05) is 10.4 Å². The zero-order valence-corrected chi connectivity index (χ0v) is 12.9. The molecular weight excluding hydrogens is 312 g/mol. The summed E-state index contributed by atoms with van der Waals surface area (Å²) in [6, 6.07) is 7.70. The third-order valence-electron chi connectivity index (χ3n) is 3.91. The minimum atomic E-state index is -0.346. The molecule has 1 fully saturated rings. The molecular formula is C15H16N6O3. The highest BCUT2D eigenvalue weighted by Gasteiger charge is 2.32. The molecule has 1 saturated heterocycles. The van der Waals surface area contributed by atoms with E-state index in [1.165, 1.54) is 0 Å². The predicted molar refractivity (Wildman–Crippen MR) is 85.9 cm³/mol. The summed E-state index contributed by atoms with van der Waals surface area (Å²) in [7, 11) is 0. The van der Waals surface area contributed by atoms with Gasteiger partial charge in [0.15, 0.2) is 0 Å². The Labute approximate surface area is 138 Å². The monoisotopic (exact) mass is 328 g/mol. The van der Waals surface area contributed by atoms with Crippen LogP contribution in [0.5, 0.6) is 0 Å². The maximum absolute atomic E-state index is 12.1. The van der Waals surface area contributed by atoms with Crippen LogP contribution < -0.4 is 9.80 Å². The Morgan fingerprint density at radius 2 is 2.04 bits per heavy atom. The van der Waals surface area contributed by atoms with Crippen molar-refractivity contribution in [2.24, 2.45) is 5.16 Å².